The second kappa shape index (κ2) is 6.59. The number of hydrogen-bond acceptors (Lipinski definition) is 2. The zero-order valence-electron chi connectivity index (χ0n) is 9.61. The van der Waals surface area contributed by atoms with Crippen molar-refractivity contribution in [2.75, 3.05) is 13.1 Å². The minimum absolute atomic E-state index is 0.286. The van der Waals surface area contributed by atoms with E-state index in [0.29, 0.717) is 12.5 Å². The van der Waals surface area contributed by atoms with Crippen LogP contribution in [0.25, 0.3) is 0 Å². The highest BCUT2D eigenvalue weighted by Gasteiger charge is 2.04. The average molecular weight is 207 g/mol. The highest BCUT2D eigenvalue weighted by atomic mass is 16.3. The maximum atomic E-state index is 9.75. The fourth-order valence-electron chi connectivity index (χ4n) is 1.50. The van der Waals surface area contributed by atoms with Gasteiger partial charge in [-0.2, -0.15) is 0 Å². The van der Waals surface area contributed by atoms with E-state index in [1.165, 1.54) is 5.56 Å². The molecule has 0 fully saturated rings. The molecule has 2 heteroatoms. The lowest BCUT2D eigenvalue weighted by molar-refractivity contribution is 0.170. The molecule has 0 saturated carbocycles. The molecular formula is C13H21NO. The Morgan fingerprint density at radius 3 is 2.40 bits per heavy atom. The Kier molecular flexibility index (Phi) is 5.37. The van der Waals surface area contributed by atoms with Gasteiger partial charge in [-0.1, -0.05) is 44.2 Å². The summed E-state index contributed by atoms with van der Waals surface area (Å²) in [6.07, 6.45) is 0.442. The molecule has 84 valence electrons. The lowest BCUT2D eigenvalue weighted by Crippen LogP contribution is -2.30. The first-order valence-electron chi connectivity index (χ1n) is 5.61. The van der Waals surface area contributed by atoms with E-state index in [0.717, 1.165) is 13.0 Å². The smallest absolute Gasteiger partial charge is 0.0704 e. The summed E-state index contributed by atoms with van der Waals surface area (Å²) < 4.78 is 0. The van der Waals surface area contributed by atoms with Gasteiger partial charge in [0.2, 0.25) is 0 Å². The molecule has 0 aliphatic rings. The van der Waals surface area contributed by atoms with Crippen LogP contribution in [0.1, 0.15) is 19.4 Å². The van der Waals surface area contributed by atoms with Crippen LogP contribution in [0.4, 0.5) is 0 Å². The van der Waals surface area contributed by atoms with Crippen LogP contribution in [-0.2, 0) is 6.42 Å². The molecule has 2 N–H and O–H groups in total. The minimum atomic E-state index is -0.286. The number of nitrogens with one attached hydrogen (secondary N) is 1. The Morgan fingerprint density at radius 2 is 1.80 bits per heavy atom. The van der Waals surface area contributed by atoms with Crippen molar-refractivity contribution in [2.45, 2.75) is 26.4 Å². The van der Waals surface area contributed by atoms with Crippen LogP contribution in [0, 0.1) is 5.92 Å². The van der Waals surface area contributed by atoms with Crippen LogP contribution in [-0.4, -0.2) is 24.3 Å². The van der Waals surface area contributed by atoms with Crippen LogP contribution >= 0.6 is 0 Å². The van der Waals surface area contributed by atoms with E-state index in [-0.39, 0.29) is 6.10 Å². The molecule has 0 aliphatic carbocycles. The Bertz CT molecular complexity index is 258. The Labute approximate surface area is 92.3 Å². The van der Waals surface area contributed by atoms with Gasteiger partial charge in [-0.05, 0) is 24.4 Å². The van der Waals surface area contributed by atoms with E-state index in [1.54, 1.807) is 0 Å². The molecular weight excluding hydrogens is 186 g/mol. The number of aliphatic hydroxyl groups excluding tert-OH is 1. The molecule has 1 rings (SSSR count). The summed E-state index contributed by atoms with van der Waals surface area (Å²) >= 11 is 0. The minimum Gasteiger partial charge on any atom is -0.391 e. The SMILES string of the molecule is CC(C)CNC[C@@H](O)Cc1ccccc1. The summed E-state index contributed by atoms with van der Waals surface area (Å²) in [5, 5.41) is 13.0. The van der Waals surface area contributed by atoms with Crippen molar-refractivity contribution in [3.8, 4) is 0 Å². The van der Waals surface area contributed by atoms with Gasteiger partial charge in [-0.15, -0.1) is 0 Å². The average Bonchev–Trinajstić information content (AvgIpc) is 2.18. The number of hydrogen-bond donors (Lipinski definition) is 2. The lowest BCUT2D eigenvalue weighted by atomic mass is 10.1. The highest BCUT2D eigenvalue weighted by molar-refractivity contribution is 5.15. The summed E-state index contributed by atoms with van der Waals surface area (Å²) in [5.74, 6) is 0.633. The standard InChI is InChI=1S/C13H21NO/c1-11(2)9-14-10-13(15)8-12-6-4-3-5-7-12/h3-7,11,13-15H,8-10H2,1-2H3/t13-/m0/s1. The van der Waals surface area contributed by atoms with E-state index in [2.05, 4.69) is 19.2 Å². The molecule has 1 aromatic rings. The third-order valence-corrected chi connectivity index (χ3v) is 2.25. The first kappa shape index (κ1) is 12.2. The van der Waals surface area contributed by atoms with Crippen molar-refractivity contribution < 1.29 is 5.11 Å². The van der Waals surface area contributed by atoms with Gasteiger partial charge in [0.05, 0.1) is 6.10 Å². The first-order chi connectivity index (χ1) is 7.18. The normalized spacial score (nSPS) is 13.1. The third-order valence-electron chi connectivity index (χ3n) is 2.25. The molecule has 0 aromatic heterocycles. The molecule has 0 spiro atoms. The van der Waals surface area contributed by atoms with Gasteiger partial charge in [0.25, 0.3) is 0 Å². The van der Waals surface area contributed by atoms with Gasteiger partial charge in [-0.25, -0.2) is 0 Å². The molecule has 1 aromatic carbocycles. The first-order valence-corrected chi connectivity index (χ1v) is 5.61. The summed E-state index contributed by atoms with van der Waals surface area (Å²) in [6.45, 7) is 5.96. The van der Waals surface area contributed by atoms with Crippen LogP contribution in [0.15, 0.2) is 30.3 Å². The second-order valence-electron chi connectivity index (χ2n) is 4.40. The van der Waals surface area contributed by atoms with Gasteiger partial charge >= 0.3 is 0 Å². The van der Waals surface area contributed by atoms with E-state index >= 15 is 0 Å². The van der Waals surface area contributed by atoms with Gasteiger partial charge < -0.3 is 10.4 Å². The molecule has 15 heavy (non-hydrogen) atoms. The fourth-order valence-corrected chi connectivity index (χ4v) is 1.50. The quantitative estimate of drug-likeness (QED) is 0.746. The maximum Gasteiger partial charge on any atom is 0.0704 e. The number of aliphatic hydroxyl groups is 1. The molecule has 0 bridgehead atoms. The Morgan fingerprint density at radius 1 is 1.13 bits per heavy atom. The highest BCUT2D eigenvalue weighted by Crippen LogP contribution is 2.02. The van der Waals surface area contributed by atoms with E-state index in [4.69, 9.17) is 0 Å². The molecule has 0 radical (unpaired) electrons. The maximum absolute atomic E-state index is 9.75. The van der Waals surface area contributed by atoms with E-state index in [9.17, 15) is 5.11 Å². The Hall–Kier alpha value is -0.860. The van der Waals surface area contributed by atoms with E-state index in [1.807, 2.05) is 30.3 Å². The molecule has 2 nitrogen and oxygen atoms in total. The second-order valence-corrected chi connectivity index (χ2v) is 4.40. The van der Waals surface area contributed by atoms with Crippen molar-refractivity contribution in [3.05, 3.63) is 35.9 Å². The third kappa shape index (κ3) is 5.55. The molecule has 0 aliphatic heterocycles. The van der Waals surface area contributed by atoms with Crippen molar-refractivity contribution in [1.82, 2.24) is 5.32 Å². The zero-order chi connectivity index (χ0) is 11.1. The van der Waals surface area contributed by atoms with Gasteiger partial charge in [0.15, 0.2) is 0 Å². The van der Waals surface area contributed by atoms with Crippen molar-refractivity contribution in [1.29, 1.82) is 0 Å². The van der Waals surface area contributed by atoms with Crippen LogP contribution in [0.3, 0.4) is 0 Å². The van der Waals surface area contributed by atoms with E-state index < -0.39 is 0 Å². The summed E-state index contributed by atoms with van der Waals surface area (Å²) in [4.78, 5) is 0. The summed E-state index contributed by atoms with van der Waals surface area (Å²) in [7, 11) is 0. The molecule has 0 saturated heterocycles. The molecule has 1 atom stereocenters. The van der Waals surface area contributed by atoms with Crippen molar-refractivity contribution >= 4 is 0 Å². The fraction of sp³-hybridized carbons (Fsp3) is 0.538. The molecule has 0 amide bonds. The largest absolute Gasteiger partial charge is 0.391 e. The molecule has 0 heterocycles. The van der Waals surface area contributed by atoms with Crippen molar-refractivity contribution in [3.63, 3.8) is 0 Å². The van der Waals surface area contributed by atoms with Crippen molar-refractivity contribution in [2.24, 2.45) is 5.92 Å². The van der Waals surface area contributed by atoms with Gasteiger partial charge in [0, 0.05) is 6.54 Å². The number of benzene rings is 1. The summed E-state index contributed by atoms with van der Waals surface area (Å²) in [5.41, 5.74) is 1.19. The van der Waals surface area contributed by atoms with Crippen LogP contribution in [0.2, 0.25) is 0 Å². The lowest BCUT2D eigenvalue weighted by Gasteiger charge is -2.13. The predicted molar refractivity (Wildman–Crippen MR) is 63.9 cm³/mol. The molecule has 0 unspecified atom stereocenters. The Balaban J connectivity index is 2.21. The van der Waals surface area contributed by atoms with Gasteiger partial charge in [0.1, 0.15) is 0 Å². The van der Waals surface area contributed by atoms with Crippen LogP contribution in [0.5, 0.6) is 0 Å². The summed E-state index contributed by atoms with van der Waals surface area (Å²) in [6, 6.07) is 10.1. The monoisotopic (exact) mass is 207 g/mol. The zero-order valence-corrected chi connectivity index (χ0v) is 9.61. The predicted octanol–water partition coefficient (Wildman–Crippen LogP) is 1.84. The number of rotatable bonds is 6. The topological polar surface area (TPSA) is 32.3 Å². The van der Waals surface area contributed by atoms with Crippen LogP contribution < -0.4 is 5.32 Å². The van der Waals surface area contributed by atoms with Gasteiger partial charge in [-0.3, -0.25) is 0 Å².